The van der Waals surface area contributed by atoms with Crippen LogP contribution in [-0.4, -0.2) is 5.11 Å². The van der Waals surface area contributed by atoms with Crippen LogP contribution in [-0.2, 0) is 6.42 Å². The molecule has 0 amide bonds. The van der Waals surface area contributed by atoms with Crippen molar-refractivity contribution in [1.29, 1.82) is 0 Å². The smallest absolute Gasteiger partial charge is 0.0818 e. The van der Waals surface area contributed by atoms with Gasteiger partial charge >= 0.3 is 0 Å². The Kier molecular flexibility index (Phi) is 4.16. The lowest BCUT2D eigenvalue weighted by Crippen LogP contribution is -2.11. The third-order valence-electron chi connectivity index (χ3n) is 3.36. The molecule has 0 saturated heterocycles. The molecule has 0 bridgehead atoms. The Morgan fingerprint density at radius 1 is 0.944 bits per heavy atom. The van der Waals surface area contributed by atoms with Gasteiger partial charge in [-0.25, -0.2) is 0 Å². The normalized spacial score (nSPS) is 14.2. The number of hydrogen-bond acceptors (Lipinski definition) is 1. The summed E-state index contributed by atoms with van der Waals surface area (Å²) in [5.41, 5.74) is 3.55. The highest BCUT2D eigenvalue weighted by atomic mass is 16.3. The van der Waals surface area contributed by atoms with Gasteiger partial charge in [0, 0.05) is 0 Å². The number of aliphatic hydroxyl groups is 1. The van der Waals surface area contributed by atoms with Crippen LogP contribution in [0.5, 0.6) is 0 Å². The molecule has 0 aliphatic rings. The van der Waals surface area contributed by atoms with E-state index in [0.29, 0.717) is 0 Å². The Morgan fingerprint density at radius 2 is 1.56 bits per heavy atom. The highest BCUT2D eigenvalue weighted by Gasteiger charge is 2.16. The third-order valence-corrected chi connectivity index (χ3v) is 3.36. The lowest BCUT2D eigenvalue weighted by Gasteiger charge is -2.19. The molecule has 18 heavy (non-hydrogen) atoms. The van der Waals surface area contributed by atoms with Crippen molar-refractivity contribution in [2.24, 2.45) is 5.92 Å². The van der Waals surface area contributed by atoms with Crippen LogP contribution in [0.3, 0.4) is 0 Å². The van der Waals surface area contributed by atoms with Crippen molar-refractivity contribution < 1.29 is 5.11 Å². The lowest BCUT2D eigenvalue weighted by molar-refractivity contribution is 0.117. The number of aliphatic hydroxyl groups excluding tert-OH is 1. The first-order valence-corrected chi connectivity index (χ1v) is 6.45. The molecule has 0 aliphatic carbocycles. The van der Waals surface area contributed by atoms with E-state index in [1.54, 1.807) is 0 Å². The summed E-state index contributed by atoms with van der Waals surface area (Å²) in [6.45, 7) is 4.18. The largest absolute Gasteiger partial charge is 0.388 e. The molecule has 2 aromatic rings. The molecule has 2 unspecified atom stereocenters. The monoisotopic (exact) mass is 240 g/mol. The molecule has 1 N–H and O–H groups in total. The molecule has 0 aliphatic heterocycles. The van der Waals surface area contributed by atoms with Crippen LogP contribution in [0.1, 0.15) is 29.7 Å². The molecule has 1 nitrogen and oxygen atoms in total. The van der Waals surface area contributed by atoms with Crippen molar-refractivity contribution in [3.05, 3.63) is 71.3 Å². The first kappa shape index (κ1) is 12.8. The quantitative estimate of drug-likeness (QED) is 0.859. The molecule has 0 aromatic heterocycles. The van der Waals surface area contributed by atoms with Gasteiger partial charge in [0.2, 0.25) is 0 Å². The molecule has 0 radical (unpaired) electrons. The summed E-state index contributed by atoms with van der Waals surface area (Å²) in [7, 11) is 0. The van der Waals surface area contributed by atoms with Gasteiger partial charge in [0.25, 0.3) is 0 Å². The average Bonchev–Trinajstić information content (AvgIpc) is 2.41. The van der Waals surface area contributed by atoms with Gasteiger partial charge < -0.3 is 5.11 Å². The molecule has 0 spiro atoms. The minimum atomic E-state index is -0.396. The number of benzene rings is 2. The molecule has 0 saturated carbocycles. The molecule has 2 rings (SSSR count). The first-order chi connectivity index (χ1) is 8.66. The van der Waals surface area contributed by atoms with Gasteiger partial charge in [-0.1, -0.05) is 67.1 Å². The second kappa shape index (κ2) is 5.83. The minimum absolute atomic E-state index is 0.218. The van der Waals surface area contributed by atoms with Gasteiger partial charge in [-0.3, -0.25) is 0 Å². The van der Waals surface area contributed by atoms with Crippen molar-refractivity contribution in [3.8, 4) is 0 Å². The van der Waals surface area contributed by atoms with Crippen molar-refractivity contribution in [2.45, 2.75) is 26.4 Å². The highest BCUT2D eigenvalue weighted by molar-refractivity contribution is 5.23. The molecule has 2 atom stereocenters. The number of hydrogen-bond donors (Lipinski definition) is 1. The fourth-order valence-corrected chi connectivity index (χ4v) is 2.19. The number of rotatable bonds is 4. The van der Waals surface area contributed by atoms with E-state index in [4.69, 9.17) is 0 Å². The van der Waals surface area contributed by atoms with Crippen molar-refractivity contribution in [1.82, 2.24) is 0 Å². The van der Waals surface area contributed by atoms with Gasteiger partial charge in [-0.15, -0.1) is 0 Å². The summed E-state index contributed by atoms with van der Waals surface area (Å²) in [6, 6.07) is 18.4. The summed E-state index contributed by atoms with van der Waals surface area (Å²) in [5, 5.41) is 10.3. The molecular weight excluding hydrogens is 220 g/mol. The van der Waals surface area contributed by atoms with Crippen LogP contribution in [0.4, 0.5) is 0 Å². The van der Waals surface area contributed by atoms with Crippen LogP contribution in [0, 0.1) is 12.8 Å². The predicted octanol–water partition coefficient (Wildman–Crippen LogP) is 3.91. The zero-order valence-electron chi connectivity index (χ0n) is 11.0. The van der Waals surface area contributed by atoms with Gasteiger partial charge in [0.1, 0.15) is 0 Å². The highest BCUT2D eigenvalue weighted by Crippen LogP contribution is 2.24. The third kappa shape index (κ3) is 3.21. The fraction of sp³-hybridized carbons (Fsp3) is 0.294. The van der Waals surface area contributed by atoms with Crippen molar-refractivity contribution in [3.63, 3.8) is 0 Å². The van der Waals surface area contributed by atoms with E-state index >= 15 is 0 Å². The lowest BCUT2D eigenvalue weighted by atomic mass is 9.91. The van der Waals surface area contributed by atoms with Crippen molar-refractivity contribution >= 4 is 0 Å². The van der Waals surface area contributed by atoms with E-state index < -0.39 is 6.10 Å². The van der Waals surface area contributed by atoms with Gasteiger partial charge in [-0.2, -0.15) is 0 Å². The first-order valence-electron chi connectivity index (χ1n) is 6.45. The number of aryl methyl sites for hydroxylation is 1. The van der Waals surface area contributed by atoms with E-state index in [1.165, 1.54) is 11.1 Å². The summed E-state index contributed by atoms with van der Waals surface area (Å²) in [6.07, 6.45) is 0.503. The Bertz CT molecular complexity index is 473. The summed E-state index contributed by atoms with van der Waals surface area (Å²) >= 11 is 0. The van der Waals surface area contributed by atoms with E-state index in [-0.39, 0.29) is 5.92 Å². The standard InChI is InChI=1S/C17H20O/c1-13-8-10-15(11-9-13)12-14(2)17(18)16-6-4-3-5-7-16/h3-11,14,17-18H,12H2,1-2H3. The Hall–Kier alpha value is -1.60. The average molecular weight is 240 g/mol. The van der Waals surface area contributed by atoms with E-state index in [0.717, 1.165) is 12.0 Å². The van der Waals surface area contributed by atoms with Gasteiger partial charge in [-0.05, 0) is 30.4 Å². The zero-order valence-corrected chi connectivity index (χ0v) is 11.0. The maximum Gasteiger partial charge on any atom is 0.0818 e. The minimum Gasteiger partial charge on any atom is -0.388 e. The summed E-state index contributed by atoms with van der Waals surface area (Å²) < 4.78 is 0. The molecule has 94 valence electrons. The fourth-order valence-electron chi connectivity index (χ4n) is 2.19. The molecule has 0 heterocycles. The second-order valence-electron chi connectivity index (χ2n) is 5.02. The van der Waals surface area contributed by atoms with E-state index in [9.17, 15) is 5.11 Å². The molecule has 1 heteroatoms. The maximum atomic E-state index is 10.3. The second-order valence-corrected chi connectivity index (χ2v) is 5.02. The zero-order chi connectivity index (χ0) is 13.0. The Morgan fingerprint density at radius 3 is 2.17 bits per heavy atom. The molecular formula is C17H20O. The van der Waals surface area contributed by atoms with E-state index in [2.05, 4.69) is 38.1 Å². The van der Waals surface area contributed by atoms with Crippen molar-refractivity contribution in [2.75, 3.05) is 0 Å². The van der Waals surface area contributed by atoms with Gasteiger partial charge in [0.15, 0.2) is 0 Å². The molecule has 0 fully saturated rings. The van der Waals surface area contributed by atoms with E-state index in [1.807, 2.05) is 30.3 Å². The van der Waals surface area contributed by atoms with Crippen LogP contribution < -0.4 is 0 Å². The van der Waals surface area contributed by atoms with Crippen LogP contribution in [0.25, 0.3) is 0 Å². The molecule has 2 aromatic carbocycles. The SMILES string of the molecule is Cc1ccc(CC(C)C(O)c2ccccc2)cc1. The van der Waals surface area contributed by atoms with Crippen LogP contribution >= 0.6 is 0 Å². The van der Waals surface area contributed by atoms with Crippen LogP contribution in [0.15, 0.2) is 54.6 Å². The van der Waals surface area contributed by atoms with Crippen LogP contribution in [0.2, 0.25) is 0 Å². The topological polar surface area (TPSA) is 20.2 Å². The Balaban J connectivity index is 2.03. The Labute approximate surface area is 109 Å². The summed E-state index contributed by atoms with van der Waals surface area (Å²) in [4.78, 5) is 0. The van der Waals surface area contributed by atoms with Gasteiger partial charge in [0.05, 0.1) is 6.10 Å². The maximum absolute atomic E-state index is 10.3. The summed E-state index contributed by atoms with van der Waals surface area (Å²) in [5.74, 6) is 0.218. The predicted molar refractivity (Wildman–Crippen MR) is 75.4 cm³/mol.